The molecule has 0 bridgehead atoms. The molecule has 0 unspecified atom stereocenters. The Hall–Kier alpha value is -3.12. The van der Waals surface area contributed by atoms with Gasteiger partial charge in [-0.25, -0.2) is 0 Å². The van der Waals surface area contributed by atoms with Crippen LogP contribution in [-0.2, 0) is 4.79 Å². The highest BCUT2D eigenvalue weighted by molar-refractivity contribution is 6.30. The number of hydrogen-bond acceptors (Lipinski definition) is 4. The molecule has 0 aliphatic heterocycles. The molecule has 2 aromatic carbocycles. The summed E-state index contributed by atoms with van der Waals surface area (Å²) >= 11 is 5.85. The molecule has 0 radical (unpaired) electrons. The number of carboxylic acids is 1. The molecule has 0 aliphatic rings. The number of carbonyl (C=O) groups excluding carboxylic acids is 3. The highest BCUT2D eigenvalue weighted by Gasteiger charge is 2.21. The van der Waals surface area contributed by atoms with E-state index in [1.165, 1.54) is 17.0 Å². The van der Waals surface area contributed by atoms with Crippen LogP contribution in [0.2, 0.25) is 5.02 Å². The van der Waals surface area contributed by atoms with Gasteiger partial charge in [-0.05, 0) is 36.4 Å². The zero-order chi connectivity index (χ0) is 19.1. The summed E-state index contributed by atoms with van der Waals surface area (Å²) in [4.78, 5) is 37.1. The first kappa shape index (κ1) is 19.2. The van der Waals surface area contributed by atoms with Crippen molar-refractivity contribution in [3.63, 3.8) is 0 Å². The topological polar surface area (TPSA) is 89.5 Å². The van der Waals surface area contributed by atoms with Gasteiger partial charge in [0, 0.05) is 17.1 Å². The maximum absolute atomic E-state index is 12.9. The number of nitrogens with one attached hydrogen (secondary N) is 1. The first-order chi connectivity index (χ1) is 12.4. The smallest absolute Gasteiger partial charge is 0.258 e. The molecule has 0 saturated carbocycles. The first-order valence-electron chi connectivity index (χ1n) is 7.69. The largest absolute Gasteiger partial charge is 0.548 e. The number of rotatable bonds is 7. The van der Waals surface area contributed by atoms with Gasteiger partial charge in [-0.15, -0.1) is 6.58 Å². The molecule has 0 aliphatic carbocycles. The molecule has 2 aromatic rings. The summed E-state index contributed by atoms with van der Waals surface area (Å²) in [6.45, 7) is 3.18. The standard InChI is InChI=1S/C19H17ClN2O4/c1-2-11-22(19(26)13-7-9-14(20)10-8-13)16-6-4-3-5-15(16)18(25)21-12-17(23)24/h2-10H,1,11-12H2,(H,21,25)(H,23,24)/p-1. The Morgan fingerprint density at radius 2 is 1.77 bits per heavy atom. The van der Waals surface area contributed by atoms with Crippen molar-refractivity contribution in [1.82, 2.24) is 5.32 Å². The summed E-state index contributed by atoms with van der Waals surface area (Å²) in [5.41, 5.74) is 0.891. The molecule has 2 rings (SSSR count). The number of benzene rings is 2. The molecule has 0 spiro atoms. The van der Waals surface area contributed by atoms with E-state index in [1.54, 1.807) is 42.5 Å². The Bertz CT molecular complexity index is 834. The monoisotopic (exact) mass is 371 g/mol. The molecule has 0 heterocycles. The lowest BCUT2D eigenvalue weighted by molar-refractivity contribution is -0.303. The van der Waals surface area contributed by atoms with Crippen LogP contribution in [0.4, 0.5) is 5.69 Å². The number of nitrogens with zero attached hydrogens (tertiary/aromatic N) is 1. The van der Waals surface area contributed by atoms with Gasteiger partial charge in [0.2, 0.25) is 0 Å². The van der Waals surface area contributed by atoms with Gasteiger partial charge in [-0.1, -0.05) is 29.8 Å². The number of aliphatic carboxylic acids is 1. The number of hydrogen-bond donors (Lipinski definition) is 1. The second kappa shape index (κ2) is 8.82. The van der Waals surface area contributed by atoms with E-state index >= 15 is 0 Å². The van der Waals surface area contributed by atoms with Crippen molar-refractivity contribution < 1.29 is 19.5 Å². The molecule has 7 heteroatoms. The molecule has 26 heavy (non-hydrogen) atoms. The van der Waals surface area contributed by atoms with Gasteiger partial charge >= 0.3 is 0 Å². The van der Waals surface area contributed by atoms with Crippen LogP contribution in [0.1, 0.15) is 20.7 Å². The average molecular weight is 372 g/mol. The van der Waals surface area contributed by atoms with E-state index in [-0.39, 0.29) is 18.0 Å². The molecule has 0 atom stereocenters. The number of para-hydroxylation sites is 1. The molecule has 6 nitrogen and oxygen atoms in total. The predicted octanol–water partition coefficient (Wildman–Crippen LogP) is 1.65. The minimum atomic E-state index is -1.41. The first-order valence-corrected chi connectivity index (χ1v) is 8.07. The van der Waals surface area contributed by atoms with Gasteiger partial charge in [0.05, 0.1) is 23.8 Å². The summed E-state index contributed by atoms with van der Waals surface area (Å²) in [5, 5.41) is 13.3. The Kier molecular flexibility index (Phi) is 6.52. The third kappa shape index (κ3) is 4.70. The molecule has 0 saturated heterocycles. The van der Waals surface area contributed by atoms with Crippen LogP contribution < -0.4 is 15.3 Å². The second-order valence-corrected chi connectivity index (χ2v) is 5.72. The molecule has 0 fully saturated rings. The fraction of sp³-hybridized carbons (Fsp3) is 0.105. The Balaban J connectivity index is 2.39. The van der Waals surface area contributed by atoms with Crippen molar-refractivity contribution >= 4 is 35.1 Å². The van der Waals surface area contributed by atoms with Gasteiger partial charge in [-0.2, -0.15) is 0 Å². The van der Waals surface area contributed by atoms with Crippen molar-refractivity contribution in [3.05, 3.63) is 77.3 Å². The highest BCUT2D eigenvalue weighted by Crippen LogP contribution is 2.23. The van der Waals surface area contributed by atoms with E-state index in [9.17, 15) is 19.5 Å². The zero-order valence-corrected chi connectivity index (χ0v) is 14.5. The third-order valence-corrected chi connectivity index (χ3v) is 3.73. The van der Waals surface area contributed by atoms with Crippen LogP contribution in [-0.4, -0.2) is 30.9 Å². The van der Waals surface area contributed by atoms with Crippen LogP contribution in [0.3, 0.4) is 0 Å². The van der Waals surface area contributed by atoms with E-state index in [0.717, 1.165) is 0 Å². The van der Waals surface area contributed by atoms with Crippen LogP contribution in [0, 0.1) is 0 Å². The summed E-state index contributed by atoms with van der Waals surface area (Å²) in [6, 6.07) is 12.8. The van der Waals surface area contributed by atoms with Gasteiger partial charge < -0.3 is 20.1 Å². The third-order valence-electron chi connectivity index (χ3n) is 3.48. The molecular weight excluding hydrogens is 356 g/mol. The number of carboxylic acid groups (broad SMARTS) is 1. The maximum Gasteiger partial charge on any atom is 0.258 e. The minimum absolute atomic E-state index is 0.159. The summed E-state index contributed by atoms with van der Waals surface area (Å²) in [7, 11) is 0. The van der Waals surface area contributed by atoms with Gasteiger partial charge in [0.25, 0.3) is 11.8 Å². The Labute approximate surface area is 155 Å². The van der Waals surface area contributed by atoms with Crippen LogP contribution >= 0.6 is 11.6 Å². The van der Waals surface area contributed by atoms with Crippen molar-refractivity contribution in [2.24, 2.45) is 0 Å². The SMILES string of the molecule is C=CCN(C(=O)c1ccc(Cl)cc1)c1ccccc1C(=O)NCC(=O)[O-]. The molecule has 0 aromatic heterocycles. The van der Waals surface area contributed by atoms with E-state index in [0.29, 0.717) is 16.3 Å². The van der Waals surface area contributed by atoms with E-state index in [1.807, 2.05) is 0 Å². The molecular formula is C19H16ClN2O4-. The lowest BCUT2D eigenvalue weighted by Crippen LogP contribution is -2.39. The average Bonchev–Trinajstić information content (AvgIpc) is 2.64. The van der Waals surface area contributed by atoms with Crippen LogP contribution in [0.25, 0.3) is 0 Å². The summed E-state index contributed by atoms with van der Waals surface area (Å²) in [6.07, 6.45) is 1.53. The maximum atomic E-state index is 12.9. The summed E-state index contributed by atoms with van der Waals surface area (Å²) < 4.78 is 0. The highest BCUT2D eigenvalue weighted by atomic mass is 35.5. The quantitative estimate of drug-likeness (QED) is 0.749. The van der Waals surface area contributed by atoms with Crippen molar-refractivity contribution in [2.75, 3.05) is 18.0 Å². The number of anilines is 1. The van der Waals surface area contributed by atoms with Crippen molar-refractivity contribution in [2.45, 2.75) is 0 Å². The molecule has 2 amide bonds. The van der Waals surface area contributed by atoms with E-state index in [4.69, 9.17) is 11.6 Å². The van der Waals surface area contributed by atoms with Crippen LogP contribution in [0.5, 0.6) is 0 Å². The zero-order valence-electron chi connectivity index (χ0n) is 13.8. The normalized spacial score (nSPS) is 10.0. The van der Waals surface area contributed by atoms with E-state index < -0.39 is 18.4 Å². The lowest BCUT2D eigenvalue weighted by atomic mass is 10.1. The number of carbonyl (C=O) groups is 3. The van der Waals surface area contributed by atoms with E-state index in [2.05, 4.69) is 11.9 Å². The van der Waals surface area contributed by atoms with Crippen molar-refractivity contribution in [1.29, 1.82) is 0 Å². The number of halogens is 1. The van der Waals surface area contributed by atoms with Crippen LogP contribution in [0.15, 0.2) is 61.2 Å². The minimum Gasteiger partial charge on any atom is -0.548 e. The molecule has 1 N–H and O–H groups in total. The molecule has 134 valence electrons. The van der Waals surface area contributed by atoms with Crippen molar-refractivity contribution in [3.8, 4) is 0 Å². The number of amides is 2. The van der Waals surface area contributed by atoms with Gasteiger partial charge in [0.15, 0.2) is 0 Å². The van der Waals surface area contributed by atoms with Gasteiger partial charge in [0.1, 0.15) is 0 Å². The predicted molar refractivity (Wildman–Crippen MR) is 97.1 cm³/mol. The lowest BCUT2D eigenvalue weighted by Gasteiger charge is -2.24. The van der Waals surface area contributed by atoms with Gasteiger partial charge in [-0.3, -0.25) is 9.59 Å². The second-order valence-electron chi connectivity index (χ2n) is 5.28. The Morgan fingerprint density at radius 1 is 1.12 bits per heavy atom. The fourth-order valence-electron chi connectivity index (χ4n) is 2.32. The fourth-order valence-corrected chi connectivity index (χ4v) is 2.44. The summed E-state index contributed by atoms with van der Waals surface area (Å²) in [5.74, 6) is -2.37. The Morgan fingerprint density at radius 3 is 2.38 bits per heavy atom.